The topological polar surface area (TPSA) is 81.8 Å². The standard InChI is InChI=1S/C22H28N4O3/c27-19-6-5-18(20(28)24-19)26-13-16-11-15(3-4-17(16)21(26)29)12-25-10-8-22(14-25)7-1-2-9-23-22/h3-4,11,18,23H,1-2,5-10,12-14H2,(H,24,27,28). The zero-order valence-electron chi connectivity index (χ0n) is 16.7. The highest BCUT2D eigenvalue weighted by Gasteiger charge is 2.40. The summed E-state index contributed by atoms with van der Waals surface area (Å²) in [4.78, 5) is 40.6. The van der Waals surface area contributed by atoms with E-state index in [2.05, 4.69) is 21.6 Å². The molecule has 2 N–H and O–H groups in total. The lowest BCUT2D eigenvalue weighted by Crippen LogP contribution is -2.52. The molecule has 4 heterocycles. The highest BCUT2D eigenvalue weighted by molar-refractivity contribution is 6.05. The quantitative estimate of drug-likeness (QED) is 0.750. The van der Waals surface area contributed by atoms with E-state index in [1.807, 2.05) is 12.1 Å². The van der Waals surface area contributed by atoms with Crippen molar-refractivity contribution in [2.75, 3.05) is 19.6 Å². The molecule has 3 saturated heterocycles. The lowest BCUT2D eigenvalue weighted by Gasteiger charge is -2.35. The zero-order valence-corrected chi connectivity index (χ0v) is 16.7. The van der Waals surface area contributed by atoms with Crippen LogP contribution in [0.5, 0.6) is 0 Å². The van der Waals surface area contributed by atoms with Crippen molar-refractivity contribution in [2.24, 2.45) is 0 Å². The van der Waals surface area contributed by atoms with E-state index in [9.17, 15) is 14.4 Å². The Kier molecular flexibility index (Phi) is 4.67. The largest absolute Gasteiger partial charge is 0.322 e. The molecule has 4 aliphatic rings. The number of amides is 3. The fraction of sp³-hybridized carbons (Fsp3) is 0.591. The van der Waals surface area contributed by atoms with E-state index in [0.29, 0.717) is 24.1 Å². The van der Waals surface area contributed by atoms with Gasteiger partial charge in [0.15, 0.2) is 0 Å². The Morgan fingerprint density at radius 1 is 1.14 bits per heavy atom. The molecule has 2 atom stereocenters. The summed E-state index contributed by atoms with van der Waals surface area (Å²) in [5.74, 6) is -0.717. The van der Waals surface area contributed by atoms with Gasteiger partial charge in [-0.15, -0.1) is 0 Å². The van der Waals surface area contributed by atoms with Crippen LogP contribution < -0.4 is 10.6 Å². The normalized spacial score (nSPS) is 30.1. The third kappa shape index (κ3) is 3.46. The van der Waals surface area contributed by atoms with Crippen molar-refractivity contribution in [3.8, 4) is 0 Å². The lowest BCUT2D eigenvalue weighted by atomic mass is 9.88. The molecule has 1 aromatic carbocycles. The number of carbonyl (C=O) groups excluding carboxylic acids is 3. The molecule has 7 nitrogen and oxygen atoms in total. The molecule has 4 aliphatic heterocycles. The van der Waals surface area contributed by atoms with Crippen LogP contribution in [0.3, 0.4) is 0 Å². The van der Waals surface area contributed by atoms with Crippen LogP contribution in [0.4, 0.5) is 0 Å². The Bertz CT molecular complexity index is 862. The summed E-state index contributed by atoms with van der Waals surface area (Å²) in [6.45, 7) is 4.66. The number of hydrogen-bond donors (Lipinski definition) is 2. The van der Waals surface area contributed by atoms with Crippen LogP contribution in [-0.2, 0) is 22.7 Å². The third-order valence-corrected chi connectivity index (χ3v) is 7.01. The molecule has 1 aromatic rings. The maximum absolute atomic E-state index is 12.8. The molecule has 3 amide bonds. The third-order valence-electron chi connectivity index (χ3n) is 7.01. The van der Waals surface area contributed by atoms with Crippen molar-refractivity contribution in [1.82, 2.24) is 20.4 Å². The van der Waals surface area contributed by atoms with E-state index in [4.69, 9.17) is 0 Å². The van der Waals surface area contributed by atoms with E-state index >= 15 is 0 Å². The minimum atomic E-state index is -0.549. The number of carbonyl (C=O) groups is 3. The van der Waals surface area contributed by atoms with Crippen molar-refractivity contribution in [3.05, 3.63) is 34.9 Å². The van der Waals surface area contributed by atoms with Crippen molar-refractivity contribution in [3.63, 3.8) is 0 Å². The van der Waals surface area contributed by atoms with Gasteiger partial charge in [-0.25, -0.2) is 0 Å². The molecule has 0 bridgehead atoms. The van der Waals surface area contributed by atoms with E-state index in [1.54, 1.807) is 4.90 Å². The first-order valence-electron chi connectivity index (χ1n) is 10.8. The first-order chi connectivity index (χ1) is 14.0. The molecule has 154 valence electrons. The molecule has 3 fully saturated rings. The molecule has 0 radical (unpaired) electrons. The van der Waals surface area contributed by atoms with Crippen molar-refractivity contribution in [2.45, 2.75) is 63.2 Å². The number of nitrogens with one attached hydrogen (secondary N) is 2. The Morgan fingerprint density at radius 2 is 2.03 bits per heavy atom. The fourth-order valence-corrected chi connectivity index (χ4v) is 5.46. The van der Waals surface area contributed by atoms with Crippen LogP contribution in [0, 0.1) is 0 Å². The summed E-state index contributed by atoms with van der Waals surface area (Å²) in [7, 11) is 0. The van der Waals surface area contributed by atoms with E-state index in [-0.39, 0.29) is 24.1 Å². The molecule has 29 heavy (non-hydrogen) atoms. The molecule has 7 heteroatoms. The van der Waals surface area contributed by atoms with Gasteiger partial charge in [-0.05, 0) is 49.4 Å². The van der Waals surface area contributed by atoms with E-state index in [0.717, 1.165) is 31.7 Å². The van der Waals surface area contributed by atoms with Crippen molar-refractivity contribution in [1.29, 1.82) is 0 Å². The second-order valence-electron chi connectivity index (χ2n) is 9.02. The van der Waals surface area contributed by atoms with Crippen LogP contribution in [0.15, 0.2) is 18.2 Å². The van der Waals surface area contributed by atoms with Crippen LogP contribution >= 0.6 is 0 Å². The molecule has 5 rings (SSSR count). The van der Waals surface area contributed by atoms with Gasteiger partial charge in [-0.1, -0.05) is 18.6 Å². The molecule has 0 saturated carbocycles. The van der Waals surface area contributed by atoms with Gasteiger partial charge in [0.2, 0.25) is 11.8 Å². The average Bonchev–Trinajstić information content (AvgIpc) is 3.23. The van der Waals surface area contributed by atoms with E-state index < -0.39 is 6.04 Å². The summed E-state index contributed by atoms with van der Waals surface area (Å²) in [6, 6.07) is 5.53. The number of benzene rings is 1. The minimum Gasteiger partial charge on any atom is -0.322 e. The van der Waals surface area contributed by atoms with Crippen LogP contribution in [0.2, 0.25) is 0 Å². The maximum atomic E-state index is 12.8. The van der Waals surface area contributed by atoms with Gasteiger partial charge in [0.1, 0.15) is 6.04 Å². The number of nitrogens with zero attached hydrogens (tertiary/aromatic N) is 2. The summed E-state index contributed by atoms with van der Waals surface area (Å²) in [5, 5.41) is 6.11. The Balaban J connectivity index is 1.27. The van der Waals surface area contributed by atoms with Gasteiger partial charge in [0, 0.05) is 43.7 Å². The van der Waals surface area contributed by atoms with Gasteiger partial charge in [-0.3, -0.25) is 24.6 Å². The fourth-order valence-electron chi connectivity index (χ4n) is 5.46. The first kappa shape index (κ1) is 18.8. The minimum absolute atomic E-state index is 0.104. The second kappa shape index (κ2) is 7.22. The highest BCUT2D eigenvalue weighted by atomic mass is 16.2. The van der Waals surface area contributed by atoms with Crippen LogP contribution in [-0.4, -0.2) is 58.7 Å². The van der Waals surface area contributed by atoms with Gasteiger partial charge in [-0.2, -0.15) is 0 Å². The van der Waals surface area contributed by atoms with Crippen molar-refractivity contribution >= 4 is 17.7 Å². The maximum Gasteiger partial charge on any atom is 0.255 e. The smallest absolute Gasteiger partial charge is 0.255 e. The Morgan fingerprint density at radius 3 is 2.83 bits per heavy atom. The molecular weight excluding hydrogens is 368 g/mol. The number of imide groups is 1. The molecular formula is C22H28N4O3. The number of piperidine rings is 2. The highest BCUT2D eigenvalue weighted by Crippen LogP contribution is 2.32. The van der Waals surface area contributed by atoms with Crippen LogP contribution in [0.25, 0.3) is 0 Å². The average molecular weight is 396 g/mol. The molecule has 0 aromatic heterocycles. The number of rotatable bonds is 3. The number of fused-ring (bicyclic) bond motifs is 1. The van der Waals surface area contributed by atoms with Gasteiger partial charge in [0.05, 0.1) is 0 Å². The lowest BCUT2D eigenvalue weighted by molar-refractivity contribution is -0.136. The van der Waals surface area contributed by atoms with Crippen molar-refractivity contribution < 1.29 is 14.4 Å². The predicted octanol–water partition coefficient (Wildman–Crippen LogP) is 1.17. The molecule has 1 spiro atoms. The first-order valence-corrected chi connectivity index (χ1v) is 10.8. The number of hydrogen-bond acceptors (Lipinski definition) is 5. The van der Waals surface area contributed by atoms with Gasteiger partial charge < -0.3 is 10.2 Å². The summed E-state index contributed by atoms with van der Waals surface area (Å²) in [5.41, 5.74) is 3.19. The summed E-state index contributed by atoms with van der Waals surface area (Å²) >= 11 is 0. The van der Waals surface area contributed by atoms with Gasteiger partial charge in [0.25, 0.3) is 5.91 Å². The second-order valence-corrected chi connectivity index (χ2v) is 9.02. The summed E-state index contributed by atoms with van der Waals surface area (Å²) < 4.78 is 0. The van der Waals surface area contributed by atoms with Gasteiger partial charge >= 0.3 is 0 Å². The SMILES string of the molecule is O=C1CCC(N2Cc3cc(CN4CCC5(CCCCN5)C4)ccc3C2=O)C(=O)N1. The Hall–Kier alpha value is -2.25. The summed E-state index contributed by atoms with van der Waals surface area (Å²) in [6.07, 6.45) is 5.76. The Labute approximate surface area is 170 Å². The predicted molar refractivity (Wildman–Crippen MR) is 107 cm³/mol. The number of likely N-dealkylation sites (tertiary alicyclic amines) is 1. The zero-order chi connectivity index (χ0) is 20.0. The monoisotopic (exact) mass is 396 g/mol. The molecule has 0 aliphatic carbocycles. The molecule has 2 unspecified atom stereocenters. The van der Waals surface area contributed by atoms with Crippen LogP contribution in [0.1, 0.15) is 60.0 Å². The van der Waals surface area contributed by atoms with E-state index in [1.165, 1.54) is 31.2 Å².